The Labute approximate surface area is 153 Å². The van der Waals surface area contributed by atoms with E-state index < -0.39 is 11.7 Å². The van der Waals surface area contributed by atoms with E-state index >= 15 is 0 Å². The molecule has 9 heteroatoms. The second kappa shape index (κ2) is 7.56. The van der Waals surface area contributed by atoms with Gasteiger partial charge in [0.1, 0.15) is 6.54 Å². The number of aromatic nitrogens is 4. The predicted molar refractivity (Wildman–Crippen MR) is 91.2 cm³/mol. The highest BCUT2D eigenvalue weighted by Gasteiger charge is 2.30. The van der Waals surface area contributed by atoms with Gasteiger partial charge in [0.25, 0.3) is 0 Å². The van der Waals surface area contributed by atoms with E-state index in [0.29, 0.717) is 11.4 Å². The zero-order valence-corrected chi connectivity index (χ0v) is 14.4. The van der Waals surface area contributed by atoms with Gasteiger partial charge in [-0.05, 0) is 22.9 Å². The van der Waals surface area contributed by atoms with Gasteiger partial charge < -0.3 is 4.90 Å². The number of amides is 1. The lowest BCUT2D eigenvalue weighted by Crippen LogP contribution is -2.30. The van der Waals surface area contributed by atoms with Gasteiger partial charge in [-0.25, -0.2) is 0 Å². The maximum absolute atomic E-state index is 12.6. The highest BCUT2D eigenvalue weighted by atomic mass is 19.4. The summed E-state index contributed by atoms with van der Waals surface area (Å²) in [5.41, 5.74) is 0.658. The van der Waals surface area contributed by atoms with Gasteiger partial charge in [-0.15, -0.1) is 10.2 Å². The van der Waals surface area contributed by atoms with E-state index in [4.69, 9.17) is 0 Å². The summed E-state index contributed by atoms with van der Waals surface area (Å²) in [5.74, 6) is 0.126. The topological polar surface area (TPSA) is 63.9 Å². The number of alkyl halides is 3. The summed E-state index contributed by atoms with van der Waals surface area (Å²) in [6.07, 6.45) is -4.38. The molecule has 1 amide bonds. The highest BCUT2D eigenvalue weighted by molar-refractivity contribution is 5.75. The molecule has 0 spiro atoms. The molecule has 0 aliphatic rings. The molecule has 27 heavy (non-hydrogen) atoms. The van der Waals surface area contributed by atoms with Crippen LogP contribution in [0.25, 0.3) is 11.4 Å². The quantitative estimate of drug-likeness (QED) is 0.688. The van der Waals surface area contributed by atoms with Gasteiger partial charge in [0.05, 0.1) is 5.56 Å². The molecule has 1 heterocycles. The average Bonchev–Trinajstić information content (AvgIpc) is 3.10. The third-order valence-electron chi connectivity index (χ3n) is 3.89. The van der Waals surface area contributed by atoms with Gasteiger partial charge in [0.2, 0.25) is 11.7 Å². The number of hydrogen-bond donors (Lipinski definition) is 0. The number of carbonyl (C=O) groups is 1. The van der Waals surface area contributed by atoms with Crippen LogP contribution in [0.5, 0.6) is 0 Å². The van der Waals surface area contributed by atoms with E-state index in [-0.39, 0.29) is 19.0 Å². The zero-order valence-electron chi connectivity index (χ0n) is 14.4. The van der Waals surface area contributed by atoms with Crippen LogP contribution in [-0.4, -0.2) is 38.1 Å². The number of nitrogens with zero attached hydrogens (tertiary/aromatic N) is 5. The Morgan fingerprint density at radius 1 is 1.07 bits per heavy atom. The summed E-state index contributed by atoms with van der Waals surface area (Å²) in [6, 6.07) is 13.9. The Balaban J connectivity index is 1.60. The first-order chi connectivity index (χ1) is 12.8. The van der Waals surface area contributed by atoms with E-state index in [9.17, 15) is 18.0 Å². The monoisotopic (exact) mass is 375 g/mol. The normalized spacial score (nSPS) is 11.4. The van der Waals surface area contributed by atoms with Crippen LogP contribution in [0.3, 0.4) is 0 Å². The molecule has 0 atom stereocenters. The van der Waals surface area contributed by atoms with Crippen LogP contribution in [0.1, 0.15) is 11.1 Å². The van der Waals surface area contributed by atoms with E-state index in [0.717, 1.165) is 17.7 Å². The van der Waals surface area contributed by atoms with Crippen LogP contribution in [0.4, 0.5) is 13.2 Å². The van der Waals surface area contributed by atoms with E-state index in [1.807, 2.05) is 30.3 Å². The van der Waals surface area contributed by atoms with Crippen LogP contribution in [-0.2, 0) is 24.1 Å². The molecular weight excluding hydrogens is 359 g/mol. The smallest absolute Gasteiger partial charge is 0.340 e. The number of halogens is 3. The second-order valence-corrected chi connectivity index (χ2v) is 5.95. The first-order valence-electron chi connectivity index (χ1n) is 8.06. The molecule has 0 aliphatic carbocycles. The van der Waals surface area contributed by atoms with Crippen LogP contribution >= 0.6 is 0 Å². The lowest BCUT2D eigenvalue weighted by Gasteiger charge is -2.17. The van der Waals surface area contributed by atoms with Crippen molar-refractivity contribution in [3.05, 3.63) is 65.7 Å². The molecule has 0 aliphatic heterocycles. The third kappa shape index (κ3) is 4.69. The highest BCUT2D eigenvalue weighted by Crippen LogP contribution is 2.29. The molecule has 0 unspecified atom stereocenters. The van der Waals surface area contributed by atoms with Crippen LogP contribution < -0.4 is 0 Å². The van der Waals surface area contributed by atoms with Crippen molar-refractivity contribution in [2.45, 2.75) is 19.3 Å². The molecule has 140 valence electrons. The second-order valence-electron chi connectivity index (χ2n) is 5.95. The molecule has 2 aromatic carbocycles. The minimum Gasteiger partial charge on any atom is -0.340 e. The minimum absolute atomic E-state index is 0.114. The molecule has 3 rings (SSSR count). The van der Waals surface area contributed by atoms with Crippen molar-refractivity contribution in [2.75, 3.05) is 7.05 Å². The standard InChI is InChI=1S/C18H16F3N5O/c1-25(11-13-7-9-15(10-8-13)18(19,20)21)16(27)12-26-23-17(22-24-26)14-5-3-2-4-6-14/h2-10H,11-12H2,1H3. The zero-order chi connectivity index (χ0) is 19.4. The Hall–Kier alpha value is -3.23. The molecule has 0 radical (unpaired) electrons. The summed E-state index contributed by atoms with van der Waals surface area (Å²) in [4.78, 5) is 14.9. The van der Waals surface area contributed by atoms with E-state index in [1.54, 1.807) is 7.05 Å². The molecule has 0 N–H and O–H groups in total. The lowest BCUT2D eigenvalue weighted by atomic mass is 10.1. The van der Waals surface area contributed by atoms with Gasteiger partial charge >= 0.3 is 6.18 Å². The third-order valence-corrected chi connectivity index (χ3v) is 3.89. The number of hydrogen-bond acceptors (Lipinski definition) is 4. The molecule has 0 bridgehead atoms. The summed E-state index contributed by atoms with van der Waals surface area (Å²) in [5, 5.41) is 12.0. The molecule has 0 saturated heterocycles. The van der Waals surface area contributed by atoms with Gasteiger partial charge in [0, 0.05) is 19.2 Å². The predicted octanol–water partition coefficient (Wildman–Crippen LogP) is 3.02. The fraction of sp³-hybridized carbons (Fsp3) is 0.222. The summed E-state index contributed by atoms with van der Waals surface area (Å²) >= 11 is 0. The first kappa shape index (κ1) is 18.6. The average molecular weight is 375 g/mol. The van der Waals surface area contributed by atoms with Gasteiger partial charge in [-0.2, -0.15) is 18.0 Å². The first-order valence-corrected chi connectivity index (χ1v) is 8.06. The summed E-state index contributed by atoms with van der Waals surface area (Å²) in [6.45, 7) is 0.0637. The number of likely N-dealkylation sites (N-methyl/N-ethyl adjacent to an activating group) is 1. The Morgan fingerprint density at radius 3 is 2.37 bits per heavy atom. The lowest BCUT2D eigenvalue weighted by molar-refractivity contribution is -0.137. The van der Waals surface area contributed by atoms with Crippen LogP contribution in [0, 0.1) is 0 Å². The van der Waals surface area contributed by atoms with Crippen molar-refractivity contribution >= 4 is 5.91 Å². The molecule has 6 nitrogen and oxygen atoms in total. The van der Waals surface area contributed by atoms with E-state index in [2.05, 4.69) is 15.4 Å². The fourth-order valence-electron chi connectivity index (χ4n) is 2.42. The van der Waals surface area contributed by atoms with Gasteiger partial charge in [0.15, 0.2) is 0 Å². The minimum atomic E-state index is -4.38. The molecule has 1 aromatic heterocycles. The summed E-state index contributed by atoms with van der Waals surface area (Å²) < 4.78 is 37.8. The van der Waals surface area contributed by atoms with Crippen molar-refractivity contribution in [3.8, 4) is 11.4 Å². The Morgan fingerprint density at radius 2 is 1.74 bits per heavy atom. The molecular formula is C18H16F3N5O. The Bertz CT molecular complexity index is 907. The van der Waals surface area contributed by atoms with Crippen molar-refractivity contribution in [2.24, 2.45) is 0 Å². The molecule has 0 saturated carbocycles. The van der Waals surface area contributed by atoms with Gasteiger partial charge in [-0.3, -0.25) is 4.79 Å². The van der Waals surface area contributed by atoms with Crippen molar-refractivity contribution in [1.29, 1.82) is 0 Å². The largest absolute Gasteiger partial charge is 0.416 e. The maximum atomic E-state index is 12.6. The molecule has 0 fully saturated rings. The van der Waals surface area contributed by atoms with E-state index in [1.165, 1.54) is 21.8 Å². The number of carbonyl (C=O) groups excluding carboxylic acids is 1. The number of rotatable bonds is 5. The SMILES string of the molecule is CN(Cc1ccc(C(F)(F)F)cc1)C(=O)Cn1nnc(-c2ccccc2)n1. The summed E-state index contributed by atoms with van der Waals surface area (Å²) in [7, 11) is 1.56. The number of tetrazole rings is 1. The fourth-order valence-corrected chi connectivity index (χ4v) is 2.42. The molecule has 3 aromatic rings. The maximum Gasteiger partial charge on any atom is 0.416 e. The van der Waals surface area contributed by atoms with Crippen molar-refractivity contribution in [3.63, 3.8) is 0 Å². The van der Waals surface area contributed by atoms with Crippen LogP contribution in [0.2, 0.25) is 0 Å². The van der Waals surface area contributed by atoms with Crippen molar-refractivity contribution in [1.82, 2.24) is 25.1 Å². The Kier molecular flexibility index (Phi) is 5.20. The van der Waals surface area contributed by atoms with Crippen LogP contribution in [0.15, 0.2) is 54.6 Å². The van der Waals surface area contributed by atoms with Crippen molar-refractivity contribution < 1.29 is 18.0 Å². The number of benzene rings is 2. The van der Waals surface area contributed by atoms with Gasteiger partial charge in [-0.1, -0.05) is 42.5 Å².